The Labute approximate surface area is 113 Å². The van der Waals surface area contributed by atoms with Crippen LogP contribution in [0.15, 0.2) is 0 Å². The van der Waals surface area contributed by atoms with Crippen molar-refractivity contribution < 1.29 is 0 Å². The molecule has 3 rings (SSSR count). The molecule has 0 radical (unpaired) electrons. The van der Waals surface area contributed by atoms with Crippen LogP contribution in [0, 0.1) is 11.8 Å². The van der Waals surface area contributed by atoms with Crippen LogP contribution in [0.1, 0.15) is 56.9 Å². The largest absolute Gasteiger partial charge is 0.383 e. The van der Waals surface area contributed by atoms with Crippen LogP contribution in [-0.2, 0) is 0 Å². The molecule has 0 aliphatic heterocycles. The molecular formula is C14H23N3S. The molecule has 2 aliphatic carbocycles. The highest BCUT2D eigenvalue weighted by Gasteiger charge is 2.30. The van der Waals surface area contributed by atoms with Gasteiger partial charge in [0.15, 0.2) is 0 Å². The highest BCUT2D eigenvalue weighted by atomic mass is 32.1. The fraction of sp³-hybridized carbons (Fsp3) is 0.786. The van der Waals surface area contributed by atoms with Gasteiger partial charge in [-0.05, 0) is 55.0 Å². The van der Waals surface area contributed by atoms with Crippen molar-refractivity contribution in [3.63, 3.8) is 0 Å². The fourth-order valence-electron chi connectivity index (χ4n) is 2.97. The molecule has 1 aromatic heterocycles. The van der Waals surface area contributed by atoms with Crippen molar-refractivity contribution in [1.29, 1.82) is 0 Å². The number of nitrogen functional groups attached to an aromatic ring is 1. The molecule has 2 fully saturated rings. The van der Waals surface area contributed by atoms with Gasteiger partial charge in [-0.25, -0.2) is 0 Å². The summed E-state index contributed by atoms with van der Waals surface area (Å²) in [5, 5.41) is 4.86. The predicted molar refractivity (Wildman–Crippen MR) is 78.1 cm³/mol. The lowest BCUT2D eigenvalue weighted by Gasteiger charge is -2.26. The van der Waals surface area contributed by atoms with Gasteiger partial charge in [0.2, 0.25) is 0 Å². The van der Waals surface area contributed by atoms with Crippen molar-refractivity contribution in [3.8, 4) is 0 Å². The standard InChI is InChI=1S/C14H23N3S/c1-9-2-4-10(5-3-9)8-16-14-12(11-6-7-11)13(15)17-18-14/h9-11,16H,2-8H2,1H3,(H2,15,17). The van der Waals surface area contributed by atoms with Crippen molar-refractivity contribution in [2.24, 2.45) is 11.8 Å². The van der Waals surface area contributed by atoms with E-state index in [1.54, 1.807) is 11.5 Å². The predicted octanol–water partition coefficient (Wildman–Crippen LogP) is 3.84. The first kappa shape index (κ1) is 12.3. The molecular weight excluding hydrogens is 242 g/mol. The molecule has 3 N–H and O–H groups in total. The van der Waals surface area contributed by atoms with Crippen molar-refractivity contribution in [1.82, 2.24) is 4.37 Å². The smallest absolute Gasteiger partial charge is 0.142 e. The van der Waals surface area contributed by atoms with Gasteiger partial charge in [-0.15, -0.1) is 0 Å². The zero-order chi connectivity index (χ0) is 12.5. The second-order valence-corrected chi connectivity index (χ2v) is 6.87. The quantitative estimate of drug-likeness (QED) is 0.869. The lowest BCUT2D eigenvalue weighted by atomic mass is 9.83. The van der Waals surface area contributed by atoms with Crippen LogP contribution in [0.4, 0.5) is 10.8 Å². The number of anilines is 2. The summed E-state index contributed by atoms with van der Waals surface area (Å²) in [5.74, 6) is 3.23. The second-order valence-electron chi connectivity index (χ2n) is 6.09. The average Bonchev–Trinajstić information content (AvgIpc) is 3.13. The van der Waals surface area contributed by atoms with Crippen LogP contribution in [-0.4, -0.2) is 10.9 Å². The van der Waals surface area contributed by atoms with E-state index in [9.17, 15) is 0 Å². The lowest BCUT2D eigenvalue weighted by Crippen LogP contribution is -2.20. The van der Waals surface area contributed by atoms with E-state index < -0.39 is 0 Å². The molecule has 0 spiro atoms. The van der Waals surface area contributed by atoms with Crippen LogP contribution in [0.25, 0.3) is 0 Å². The number of rotatable bonds is 4. The maximum Gasteiger partial charge on any atom is 0.142 e. The van der Waals surface area contributed by atoms with Gasteiger partial charge < -0.3 is 11.1 Å². The van der Waals surface area contributed by atoms with Crippen LogP contribution < -0.4 is 11.1 Å². The van der Waals surface area contributed by atoms with Gasteiger partial charge in [0.05, 0.1) is 0 Å². The maximum atomic E-state index is 5.97. The van der Waals surface area contributed by atoms with E-state index in [4.69, 9.17) is 5.73 Å². The van der Waals surface area contributed by atoms with Gasteiger partial charge in [-0.3, -0.25) is 0 Å². The average molecular weight is 265 g/mol. The Kier molecular flexibility index (Phi) is 3.46. The zero-order valence-electron chi connectivity index (χ0n) is 11.1. The second kappa shape index (κ2) is 5.08. The molecule has 3 nitrogen and oxygen atoms in total. The normalized spacial score (nSPS) is 28.3. The SMILES string of the molecule is CC1CCC(CNc2snc(N)c2C2CC2)CC1. The zero-order valence-corrected chi connectivity index (χ0v) is 11.9. The van der Waals surface area contributed by atoms with Crippen LogP contribution >= 0.6 is 11.5 Å². The third kappa shape index (κ3) is 2.63. The summed E-state index contributed by atoms with van der Waals surface area (Å²) >= 11 is 1.55. The van der Waals surface area contributed by atoms with E-state index >= 15 is 0 Å². The molecule has 1 aromatic rings. The summed E-state index contributed by atoms with van der Waals surface area (Å²) in [6.07, 6.45) is 8.12. The maximum absolute atomic E-state index is 5.97. The molecule has 0 aromatic carbocycles. The molecule has 4 heteroatoms. The number of aromatic nitrogens is 1. The Morgan fingerprint density at radius 2 is 1.94 bits per heavy atom. The minimum atomic E-state index is 0.692. The highest BCUT2D eigenvalue weighted by molar-refractivity contribution is 7.10. The van der Waals surface area contributed by atoms with Gasteiger partial charge in [-0.1, -0.05) is 19.8 Å². The minimum absolute atomic E-state index is 0.692. The monoisotopic (exact) mass is 265 g/mol. The van der Waals surface area contributed by atoms with Crippen molar-refractivity contribution in [2.75, 3.05) is 17.6 Å². The van der Waals surface area contributed by atoms with Gasteiger partial charge in [-0.2, -0.15) is 4.37 Å². The molecule has 18 heavy (non-hydrogen) atoms. The third-order valence-electron chi connectivity index (χ3n) is 4.43. The molecule has 1 heterocycles. The van der Waals surface area contributed by atoms with Crippen LogP contribution in [0.5, 0.6) is 0 Å². The number of nitrogens with zero attached hydrogens (tertiary/aromatic N) is 1. The first-order chi connectivity index (χ1) is 8.74. The third-order valence-corrected chi connectivity index (χ3v) is 5.26. The van der Waals surface area contributed by atoms with Crippen molar-refractivity contribution in [2.45, 2.75) is 51.4 Å². The van der Waals surface area contributed by atoms with Gasteiger partial charge >= 0.3 is 0 Å². The van der Waals surface area contributed by atoms with E-state index in [1.165, 1.54) is 49.1 Å². The molecule has 0 saturated heterocycles. The van der Waals surface area contributed by atoms with Crippen LogP contribution in [0.3, 0.4) is 0 Å². The molecule has 2 saturated carbocycles. The van der Waals surface area contributed by atoms with Gasteiger partial charge in [0.25, 0.3) is 0 Å². The summed E-state index contributed by atoms with van der Waals surface area (Å²) < 4.78 is 4.31. The molecule has 0 bridgehead atoms. The molecule has 100 valence electrons. The summed E-state index contributed by atoms with van der Waals surface area (Å²) in [7, 11) is 0. The summed E-state index contributed by atoms with van der Waals surface area (Å²) in [5.41, 5.74) is 7.28. The molecule has 2 aliphatic rings. The molecule has 0 unspecified atom stereocenters. The van der Waals surface area contributed by atoms with E-state index in [0.717, 1.165) is 24.2 Å². The fourth-order valence-corrected chi connectivity index (χ4v) is 3.78. The summed E-state index contributed by atoms with van der Waals surface area (Å²) in [6.45, 7) is 3.48. The Hall–Kier alpha value is -0.770. The van der Waals surface area contributed by atoms with Gasteiger partial charge in [0.1, 0.15) is 10.8 Å². The minimum Gasteiger partial charge on any atom is -0.383 e. The number of hydrogen-bond donors (Lipinski definition) is 2. The van der Waals surface area contributed by atoms with E-state index in [2.05, 4.69) is 16.6 Å². The number of nitrogens with one attached hydrogen (secondary N) is 1. The summed E-state index contributed by atoms with van der Waals surface area (Å²) in [4.78, 5) is 0. The highest BCUT2D eigenvalue weighted by Crippen LogP contribution is 2.47. The van der Waals surface area contributed by atoms with Crippen LogP contribution in [0.2, 0.25) is 0 Å². The first-order valence-corrected chi connectivity index (χ1v) is 8.00. The Bertz CT molecular complexity index is 403. The Balaban J connectivity index is 1.56. The Morgan fingerprint density at radius 3 is 2.61 bits per heavy atom. The van der Waals surface area contributed by atoms with E-state index in [0.29, 0.717) is 5.92 Å². The molecule has 0 amide bonds. The first-order valence-electron chi connectivity index (χ1n) is 7.23. The van der Waals surface area contributed by atoms with Crippen molar-refractivity contribution >= 4 is 22.4 Å². The number of hydrogen-bond acceptors (Lipinski definition) is 4. The van der Waals surface area contributed by atoms with E-state index in [-0.39, 0.29) is 0 Å². The molecule has 0 atom stereocenters. The van der Waals surface area contributed by atoms with Crippen molar-refractivity contribution in [3.05, 3.63) is 5.56 Å². The Morgan fingerprint density at radius 1 is 1.22 bits per heavy atom. The topological polar surface area (TPSA) is 50.9 Å². The number of nitrogens with two attached hydrogens (primary N) is 1. The van der Waals surface area contributed by atoms with E-state index in [1.807, 2.05) is 0 Å². The van der Waals surface area contributed by atoms with Gasteiger partial charge in [0, 0.05) is 12.1 Å². The lowest BCUT2D eigenvalue weighted by molar-refractivity contribution is 0.300. The summed E-state index contributed by atoms with van der Waals surface area (Å²) in [6, 6.07) is 0.